The third-order valence-electron chi connectivity index (χ3n) is 1.84. The quantitative estimate of drug-likeness (QED) is 0.205. The number of nitrogens with one attached hydrogen (secondary N) is 1. The number of rotatable bonds is 7. The lowest BCUT2D eigenvalue weighted by molar-refractivity contribution is -0.132. The van der Waals surface area contributed by atoms with Crippen LogP contribution in [-0.2, 0) is 19.2 Å². The van der Waals surface area contributed by atoms with Gasteiger partial charge in [-0.2, -0.15) is 0 Å². The molecule has 7 nitrogen and oxygen atoms in total. The number of halogens is 1. The molecule has 0 fully saturated rings. The average molecular weight is 318 g/mol. The Morgan fingerprint density at radius 1 is 1.65 bits per heavy atom. The van der Waals surface area contributed by atoms with E-state index in [1.165, 1.54) is 18.6 Å². The third kappa shape index (κ3) is 4.63. The Balaban J connectivity index is 2.91. The minimum Gasteiger partial charge on any atom is -0.464 e. The van der Waals surface area contributed by atoms with E-state index in [1.54, 1.807) is 0 Å². The molecule has 1 aromatic rings. The van der Waals surface area contributed by atoms with Crippen LogP contribution in [0.1, 0.15) is 5.69 Å². The first kappa shape index (κ1) is 16.1. The summed E-state index contributed by atoms with van der Waals surface area (Å²) in [5.41, 5.74) is 0.132. The Hall–Kier alpha value is -1.93. The van der Waals surface area contributed by atoms with E-state index in [0.29, 0.717) is 5.13 Å². The van der Waals surface area contributed by atoms with Gasteiger partial charge in [0.2, 0.25) is 11.6 Å². The lowest BCUT2D eigenvalue weighted by Crippen LogP contribution is -2.18. The van der Waals surface area contributed by atoms with Crippen molar-refractivity contribution in [1.29, 1.82) is 0 Å². The van der Waals surface area contributed by atoms with Gasteiger partial charge in [0.05, 0.1) is 7.11 Å². The zero-order valence-corrected chi connectivity index (χ0v) is 12.2. The van der Waals surface area contributed by atoms with Gasteiger partial charge in [0.25, 0.3) is 0 Å². The van der Waals surface area contributed by atoms with Crippen molar-refractivity contribution in [2.45, 2.75) is 0 Å². The summed E-state index contributed by atoms with van der Waals surface area (Å²) < 4.78 is 4.59. The first-order valence-corrected chi connectivity index (χ1v) is 6.74. The number of methoxy groups -OCH3 is 1. The van der Waals surface area contributed by atoms with Gasteiger partial charge in [-0.15, -0.1) is 22.9 Å². The molecule has 0 unspecified atom stereocenters. The van der Waals surface area contributed by atoms with Crippen molar-refractivity contribution >= 4 is 45.7 Å². The maximum Gasteiger partial charge on any atom is 0.362 e. The monoisotopic (exact) mass is 317 g/mol. The topological polar surface area (TPSA) is 89.9 Å². The van der Waals surface area contributed by atoms with Crippen LogP contribution in [0.5, 0.6) is 0 Å². The highest BCUT2D eigenvalue weighted by molar-refractivity contribution is 7.14. The van der Waals surface area contributed by atoms with E-state index < -0.39 is 11.9 Å². The van der Waals surface area contributed by atoms with Crippen LogP contribution in [0.25, 0.3) is 0 Å². The number of hydrogen-bond acceptors (Lipinski definition) is 7. The van der Waals surface area contributed by atoms with Crippen LogP contribution in [0, 0.1) is 0 Å². The van der Waals surface area contributed by atoms with E-state index in [4.69, 9.17) is 16.4 Å². The molecule has 0 radical (unpaired) electrons. The molecular weight excluding hydrogens is 306 g/mol. The largest absolute Gasteiger partial charge is 0.464 e. The number of carbonyl (C=O) groups excluding carboxylic acids is 2. The fourth-order valence-corrected chi connectivity index (χ4v) is 1.81. The Labute approximate surface area is 124 Å². The predicted molar refractivity (Wildman–Crippen MR) is 76.2 cm³/mol. The maximum absolute atomic E-state index is 11.6. The number of oxime groups is 1. The summed E-state index contributed by atoms with van der Waals surface area (Å²) in [5.74, 6) is -1.28. The number of nitrogens with zero attached hydrogens (tertiary/aromatic N) is 2. The predicted octanol–water partition coefficient (Wildman–Crippen LogP) is 1.40. The molecule has 0 bridgehead atoms. The van der Waals surface area contributed by atoms with E-state index >= 15 is 0 Å². The summed E-state index contributed by atoms with van der Waals surface area (Å²) in [4.78, 5) is 31.6. The van der Waals surface area contributed by atoms with Crippen LogP contribution in [0.15, 0.2) is 23.2 Å². The lowest BCUT2D eigenvalue weighted by atomic mass is 10.3. The molecule has 0 aliphatic rings. The van der Waals surface area contributed by atoms with Gasteiger partial charge in [0, 0.05) is 5.38 Å². The molecule has 1 heterocycles. The minimum absolute atomic E-state index is 0.100. The van der Waals surface area contributed by atoms with E-state index in [2.05, 4.69) is 26.8 Å². The van der Waals surface area contributed by atoms with Crippen LogP contribution in [0.4, 0.5) is 5.13 Å². The molecule has 0 aromatic carbocycles. The van der Waals surface area contributed by atoms with Crippen molar-refractivity contribution in [3.63, 3.8) is 0 Å². The molecule has 1 rings (SSSR count). The highest BCUT2D eigenvalue weighted by Crippen LogP contribution is 2.16. The van der Waals surface area contributed by atoms with Gasteiger partial charge in [0.1, 0.15) is 18.2 Å². The molecular formula is C11H12ClN3O4S. The number of carbonyl (C=O) groups is 2. The Kier molecular flexibility index (Phi) is 6.68. The second kappa shape index (κ2) is 8.28. The summed E-state index contributed by atoms with van der Waals surface area (Å²) in [6, 6.07) is 0. The number of amides is 1. The first-order chi connectivity index (χ1) is 9.62. The van der Waals surface area contributed by atoms with Gasteiger partial charge in [-0.3, -0.25) is 4.79 Å². The van der Waals surface area contributed by atoms with Crippen molar-refractivity contribution in [2.75, 3.05) is 24.9 Å². The molecule has 1 N–H and O–H groups in total. The molecule has 1 amide bonds. The van der Waals surface area contributed by atoms with Gasteiger partial charge in [-0.05, 0) is 0 Å². The van der Waals surface area contributed by atoms with Gasteiger partial charge < -0.3 is 14.9 Å². The number of ether oxygens (including phenoxy) is 1. The summed E-state index contributed by atoms with van der Waals surface area (Å²) in [7, 11) is 1.22. The number of hydrogen-bond donors (Lipinski definition) is 1. The molecule has 1 aromatic heterocycles. The number of alkyl halides is 1. The van der Waals surface area contributed by atoms with Gasteiger partial charge in [-0.25, -0.2) is 9.78 Å². The Morgan fingerprint density at radius 2 is 2.40 bits per heavy atom. The molecule has 0 saturated carbocycles. The van der Waals surface area contributed by atoms with Crippen LogP contribution < -0.4 is 5.32 Å². The van der Waals surface area contributed by atoms with Gasteiger partial charge in [0.15, 0.2) is 5.13 Å². The Morgan fingerprint density at radius 3 is 3.00 bits per heavy atom. The van der Waals surface area contributed by atoms with E-state index in [1.807, 2.05) is 0 Å². The standard InChI is InChI=1S/C11H12ClN3O4S/c1-3-4-19-15-9(10(17)18-2)7-6-20-11(13-7)14-8(16)5-12/h3,6H,1,4-5H2,2H3,(H,13,14,16). The molecule has 20 heavy (non-hydrogen) atoms. The van der Waals surface area contributed by atoms with Crippen molar-refractivity contribution in [1.82, 2.24) is 4.98 Å². The van der Waals surface area contributed by atoms with E-state index in [9.17, 15) is 9.59 Å². The summed E-state index contributed by atoms with van der Waals surface area (Å²) >= 11 is 6.49. The normalized spacial score (nSPS) is 10.8. The summed E-state index contributed by atoms with van der Waals surface area (Å²) in [6.07, 6.45) is 1.48. The average Bonchev–Trinajstić information content (AvgIpc) is 2.90. The van der Waals surface area contributed by atoms with E-state index in [-0.39, 0.29) is 23.9 Å². The van der Waals surface area contributed by atoms with Crippen molar-refractivity contribution in [2.24, 2.45) is 5.16 Å². The van der Waals surface area contributed by atoms with Gasteiger partial charge >= 0.3 is 5.97 Å². The highest BCUT2D eigenvalue weighted by atomic mass is 35.5. The molecule has 0 saturated heterocycles. The fraction of sp³-hybridized carbons (Fsp3) is 0.273. The molecule has 0 aliphatic carbocycles. The van der Waals surface area contributed by atoms with Crippen LogP contribution >= 0.6 is 22.9 Å². The smallest absolute Gasteiger partial charge is 0.362 e. The zero-order valence-electron chi connectivity index (χ0n) is 10.6. The third-order valence-corrected chi connectivity index (χ3v) is 2.84. The molecule has 9 heteroatoms. The van der Waals surface area contributed by atoms with Gasteiger partial charge in [-0.1, -0.05) is 17.8 Å². The van der Waals surface area contributed by atoms with Crippen LogP contribution in [-0.4, -0.2) is 42.2 Å². The number of esters is 1. The fourth-order valence-electron chi connectivity index (χ4n) is 1.03. The lowest BCUT2D eigenvalue weighted by Gasteiger charge is -2.01. The molecule has 0 aliphatic heterocycles. The molecule has 0 spiro atoms. The minimum atomic E-state index is -0.699. The number of aromatic nitrogens is 1. The maximum atomic E-state index is 11.6. The van der Waals surface area contributed by atoms with Crippen LogP contribution in [0.3, 0.4) is 0 Å². The van der Waals surface area contributed by atoms with Crippen molar-refractivity contribution in [3.8, 4) is 0 Å². The molecule has 108 valence electrons. The second-order valence-corrected chi connectivity index (χ2v) is 4.36. The number of anilines is 1. The van der Waals surface area contributed by atoms with E-state index in [0.717, 1.165) is 11.3 Å². The SMILES string of the molecule is C=CCON=C(C(=O)OC)c1csc(NC(=O)CCl)n1. The second-order valence-electron chi connectivity index (χ2n) is 3.24. The number of thiazole rings is 1. The van der Waals surface area contributed by atoms with Crippen LogP contribution in [0.2, 0.25) is 0 Å². The Bertz CT molecular complexity index is 529. The summed E-state index contributed by atoms with van der Waals surface area (Å²) in [6.45, 7) is 3.60. The van der Waals surface area contributed by atoms with Crippen molar-refractivity contribution in [3.05, 3.63) is 23.7 Å². The zero-order chi connectivity index (χ0) is 15.0. The summed E-state index contributed by atoms with van der Waals surface area (Å²) in [5, 5.41) is 7.94. The highest BCUT2D eigenvalue weighted by Gasteiger charge is 2.19. The molecule has 0 atom stereocenters. The first-order valence-electron chi connectivity index (χ1n) is 5.33. The van der Waals surface area contributed by atoms with Crippen molar-refractivity contribution < 1.29 is 19.2 Å².